The summed E-state index contributed by atoms with van der Waals surface area (Å²) in [6.07, 6.45) is 14.0. The molecule has 1 amide bonds. The standard InChI is InChI=1S/C17H28N2O2/c1-13-7-5-6-10-15(13)19-17(20)16(21-18)12-11-14-8-3-2-4-9-14/h7,10,14,16H,2-6,8-9,11-12,18H2,1H3,(H,19,20). The first-order valence-electron chi connectivity index (χ1n) is 8.24. The summed E-state index contributed by atoms with van der Waals surface area (Å²) in [5.74, 6) is 5.95. The molecule has 2 aliphatic rings. The van der Waals surface area contributed by atoms with Crippen LogP contribution in [0.3, 0.4) is 0 Å². The molecule has 0 aliphatic heterocycles. The zero-order chi connectivity index (χ0) is 15.1. The van der Waals surface area contributed by atoms with Crippen molar-refractivity contribution in [3.05, 3.63) is 23.4 Å². The van der Waals surface area contributed by atoms with Gasteiger partial charge in [-0.25, -0.2) is 5.90 Å². The molecule has 0 spiro atoms. The van der Waals surface area contributed by atoms with Crippen molar-refractivity contribution in [3.63, 3.8) is 0 Å². The Balaban J connectivity index is 1.80. The van der Waals surface area contributed by atoms with Crippen LogP contribution in [0, 0.1) is 5.92 Å². The van der Waals surface area contributed by atoms with E-state index >= 15 is 0 Å². The Morgan fingerprint density at radius 2 is 2.05 bits per heavy atom. The van der Waals surface area contributed by atoms with E-state index in [2.05, 4.69) is 17.5 Å². The molecular weight excluding hydrogens is 264 g/mol. The van der Waals surface area contributed by atoms with Crippen LogP contribution < -0.4 is 11.2 Å². The predicted molar refractivity (Wildman–Crippen MR) is 84.1 cm³/mol. The number of amides is 1. The first-order valence-corrected chi connectivity index (χ1v) is 8.24. The number of carbonyl (C=O) groups is 1. The van der Waals surface area contributed by atoms with E-state index < -0.39 is 6.10 Å². The molecule has 0 radical (unpaired) electrons. The molecule has 1 saturated carbocycles. The summed E-state index contributed by atoms with van der Waals surface area (Å²) in [6, 6.07) is 0. The Bertz CT molecular complexity index is 409. The maximum Gasteiger partial charge on any atom is 0.255 e. The minimum absolute atomic E-state index is 0.116. The van der Waals surface area contributed by atoms with Crippen LogP contribution in [0.15, 0.2) is 23.4 Å². The van der Waals surface area contributed by atoms with Crippen molar-refractivity contribution in [1.29, 1.82) is 0 Å². The second kappa shape index (κ2) is 8.35. The van der Waals surface area contributed by atoms with E-state index in [1.54, 1.807) is 0 Å². The van der Waals surface area contributed by atoms with Gasteiger partial charge in [-0.05, 0) is 44.1 Å². The van der Waals surface area contributed by atoms with Gasteiger partial charge in [0.25, 0.3) is 5.91 Å². The molecule has 0 aromatic rings. The second-order valence-electron chi connectivity index (χ2n) is 6.28. The fraction of sp³-hybridized carbons (Fsp3) is 0.706. The van der Waals surface area contributed by atoms with Crippen molar-refractivity contribution in [2.75, 3.05) is 0 Å². The normalized spacial score (nSPS) is 21.4. The van der Waals surface area contributed by atoms with Crippen LogP contribution >= 0.6 is 0 Å². The highest BCUT2D eigenvalue weighted by Gasteiger charge is 2.22. The number of allylic oxidation sites excluding steroid dienone is 3. The molecule has 4 heteroatoms. The predicted octanol–water partition coefficient (Wildman–Crippen LogP) is 3.35. The van der Waals surface area contributed by atoms with E-state index in [1.807, 2.05) is 6.92 Å². The number of hydrogen-bond acceptors (Lipinski definition) is 3. The van der Waals surface area contributed by atoms with Crippen molar-refractivity contribution < 1.29 is 9.63 Å². The molecule has 2 rings (SSSR count). The summed E-state index contributed by atoms with van der Waals surface area (Å²) in [4.78, 5) is 17.2. The van der Waals surface area contributed by atoms with Gasteiger partial charge in [0.1, 0.15) is 0 Å². The molecule has 1 fully saturated rings. The van der Waals surface area contributed by atoms with Crippen molar-refractivity contribution in [2.24, 2.45) is 11.8 Å². The molecule has 118 valence electrons. The number of carbonyl (C=O) groups excluding carboxylic acids is 1. The van der Waals surface area contributed by atoms with Gasteiger partial charge in [0.15, 0.2) is 6.10 Å². The molecule has 0 aromatic carbocycles. The number of nitrogens with two attached hydrogens (primary N) is 1. The lowest BCUT2D eigenvalue weighted by Gasteiger charge is -2.23. The van der Waals surface area contributed by atoms with Crippen molar-refractivity contribution in [3.8, 4) is 0 Å². The molecule has 0 aromatic heterocycles. The van der Waals surface area contributed by atoms with Gasteiger partial charge in [-0.2, -0.15) is 0 Å². The molecule has 0 bridgehead atoms. The van der Waals surface area contributed by atoms with Gasteiger partial charge in [-0.15, -0.1) is 0 Å². The lowest BCUT2D eigenvalue weighted by molar-refractivity contribution is -0.133. The quantitative estimate of drug-likeness (QED) is 0.738. The molecule has 2 aliphatic carbocycles. The van der Waals surface area contributed by atoms with E-state index in [0.717, 1.165) is 36.5 Å². The van der Waals surface area contributed by atoms with E-state index in [9.17, 15) is 4.79 Å². The van der Waals surface area contributed by atoms with Gasteiger partial charge in [0, 0.05) is 5.70 Å². The fourth-order valence-electron chi connectivity index (χ4n) is 3.29. The van der Waals surface area contributed by atoms with Crippen LogP contribution in [0.2, 0.25) is 0 Å². The van der Waals surface area contributed by atoms with Gasteiger partial charge < -0.3 is 5.32 Å². The molecule has 3 N–H and O–H groups in total. The van der Waals surface area contributed by atoms with Crippen LogP contribution in [0.5, 0.6) is 0 Å². The Morgan fingerprint density at radius 1 is 1.33 bits per heavy atom. The maximum atomic E-state index is 12.3. The van der Waals surface area contributed by atoms with Gasteiger partial charge in [0.2, 0.25) is 0 Å². The third-order valence-electron chi connectivity index (χ3n) is 4.67. The van der Waals surface area contributed by atoms with Crippen molar-refractivity contribution in [1.82, 2.24) is 5.32 Å². The van der Waals surface area contributed by atoms with Crippen LogP contribution in [0.25, 0.3) is 0 Å². The fourth-order valence-corrected chi connectivity index (χ4v) is 3.29. The van der Waals surface area contributed by atoms with Crippen LogP contribution in [0.1, 0.15) is 64.7 Å². The third kappa shape index (κ3) is 4.97. The molecule has 21 heavy (non-hydrogen) atoms. The third-order valence-corrected chi connectivity index (χ3v) is 4.67. The summed E-state index contributed by atoms with van der Waals surface area (Å²) in [5.41, 5.74) is 2.03. The number of hydrogen-bond donors (Lipinski definition) is 2. The highest BCUT2D eigenvalue weighted by Crippen LogP contribution is 2.28. The van der Waals surface area contributed by atoms with E-state index in [-0.39, 0.29) is 5.91 Å². The topological polar surface area (TPSA) is 64.3 Å². The minimum atomic E-state index is -0.539. The smallest absolute Gasteiger partial charge is 0.255 e. The minimum Gasteiger partial charge on any atom is -0.324 e. The molecular formula is C17H28N2O2. The Kier molecular flexibility index (Phi) is 6.46. The van der Waals surface area contributed by atoms with Crippen LogP contribution in [-0.4, -0.2) is 12.0 Å². The van der Waals surface area contributed by atoms with Crippen LogP contribution in [-0.2, 0) is 9.63 Å². The van der Waals surface area contributed by atoms with Gasteiger partial charge >= 0.3 is 0 Å². The number of rotatable bonds is 6. The molecule has 4 nitrogen and oxygen atoms in total. The Morgan fingerprint density at radius 3 is 2.71 bits per heavy atom. The van der Waals surface area contributed by atoms with E-state index in [1.165, 1.54) is 32.1 Å². The second-order valence-corrected chi connectivity index (χ2v) is 6.28. The summed E-state index contributed by atoms with van der Waals surface area (Å²) in [5, 5.41) is 2.96. The van der Waals surface area contributed by atoms with E-state index in [0.29, 0.717) is 6.42 Å². The zero-order valence-corrected chi connectivity index (χ0v) is 13.1. The van der Waals surface area contributed by atoms with Crippen LogP contribution in [0.4, 0.5) is 0 Å². The monoisotopic (exact) mass is 292 g/mol. The van der Waals surface area contributed by atoms with Gasteiger partial charge in [-0.3, -0.25) is 9.63 Å². The van der Waals surface area contributed by atoms with Gasteiger partial charge in [0.05, 0.1) is 0 Å². The molecule has 1 unspecified atom stereocenters. The molecule has 0 heterocycles. The SMILES string of the molecule is CC1=CCCC=C1NC(=O)C(CCC1CCCCC1)ON. The van der Waals surface area contributed by atoms with E-state index in [4.69, 9.17) is 10.7 Å². The average Bonchev–Trinajstić information content (AvgIpc) is 2.51. The lowest BCUT2D eigenvalue weighted by atomic mass is 9.85. The highest BCUT2D eigenvalue weighted by molar-refractivity contribution is 5.83. The Labute approximate surface area is 127 Å². The largest absolute Gasteiger partial charge is 0.324 e. The lowest BCUT2D eigenvalue weighted by Crippen LogP contribution is -2.38. The number of nitrogens with one attached hydrogen (secondary N) is 1. The summed E-state index contributed by atoms with van der Waals surface area (Å²) < 4.78 is 0. The molecule has 1 atom stereocenters. The summed E-state index contributed by atoms with van der Waals surface area (Å²) in [6.45, 7) is 2.02. The zero-order valence-electron chi connectivity index (χ0n) is 13.1. The maximum absolute atomic E-state index is 12.3. The summed E-state index contributed by atoms with van der Waals surface area (Å²) >= 11 is 0. The Hall–Kier alpha value is -1.13. The molecule has 0 saturated heterocycles. The van der Waals surface area contributed by atoms with Gasteiger partial charge in [-0.1, -0.05) is 44.3 Å². The average molecular weight is 292 g/mol. The summed E-state index contributed by atoms with van der Waals surface area (Å²) in [7, 11) is 0. The highest BCUT2D eigenvalue weighted by atomic mass is 16.6. The van der Waals surface area contributed by atoms with Crippen molar-refractivity contribution in [2.45, 2.75) is 70.8 Å². The first-order chi connectivity index (χ1) is 10.2. The first kappa shape index (κ1) is 16.2. The van der Waals surface area contributed by atoms with Crippen molar-refractivity contribution >= 4 is 5.91 Å².